The zero-order valence-electron chi connectivity index (χ0n) is 12.6. The van der Waals surface area contributed by atoms with Crippen molar-refractivity contribution in [1.82, 2.24) is 10.3 Å². The van der Waals surface area contributed by atoms with Crippen molar-refractivity contribution in [3.63, 3.8) is 0 Å². The van der Waals surface area contributed by atoms with E-state index in [4.69, 9.17) is 0 Å². The molecule has 1 N–H and O–H groups in total. The second kappa shape index (κ2) is 4.31. The van der Waals surface area contributed by atoms with Gasteiger partial charge in [0.05, 0.1) is 0 Å². The molecule has 2 unspecified atom stereocenters. The maximum atomic E-state index is 4.11. The Hall–Kier alpha value is -0.890. The Morgan fingerprint density at radius 3 is 2.53 bits per heavy atom. The van der Waals surface area contributed by atoms with Crippen molar-refractivity contribution in [2.24, 2.45) is 16.7 Å². The summed E-state index contributed by atoms with van der Waals surface area (Å²) in [5.41, 5.74) is 2.26. The van der Waals surface area contributed by atoms with E-state index in [0.717, 1.165) is 5.92 Å². The van der Waals surface area contributed by atoms with Gasteiger partial charge in [0.2, 0.25) is 0 Å². The molecule has 1 heterocycles. The zero-order chi connectivity index (χ0) is 13.7. The molecule has 0 saturated heterocycles. The average molecular weight is 258 g/mol. The highest BCUT2D eigenvalue weighted by Crippen LogP contribution is 2.62. The molecule has 2 aliphatic rings. The molecule has 19 heavy (non-hydrogen) atoms. The Balaban J connectivity index is 1.80. The van der Waals surface area contributed by atoms with Crippen molar-refractivity contribution in [1.29, 1.82) is 0 Å². The molecule has 0 aliphatic heterocycles. The van der Waals surface area contributed by atoms with Crippen LogP contribution in [0.4, 0.5) is 0 Å². The van der Waals surface area contributed by atoms with Gasteiger partial charge in [-0.15, -0.1) is 0 Å². The SMILES string of the molecule is CC(NC1C(C)(C)[C@H]2CC[C@]1(C)C2)c1ccncc1. The molecule has 2 bridgehead atoms. The summed E-state index contributed by atoms with van der Waals surface area (Å²) >= 11 is 0. The first-order chi connectivity index (χ1) is 8.93. The number of nitrogens with zero attached hydrogens (tertiary/aromatic N) is 1. The molecule has 0 spiro atoms. The summed E-state index contributed by atoms with van der Waals surface area (Å²) in [6.07, 6.45) is 8.00. The van der Waals surface area contributed by atoms with Gasteiger partial charge in [-0.2, -0.15) is 0 Å². The van der Waals surface area contributed by atoms with Crippen molar-refractivity contribution < 1.29 is 0 Å². The van der Waals surface area contributed by atoms with E-state index in [0.29, 0.717) is 22.9 Å². The summed E-state index contributed by atoms with van der Waals surface area (Å²) in [5.74, 6) is 0.902. The Morgan fingerprint density at radius 2 is 1.95 bits per heavy atom. The smallest absolute Gasteiger partial charge is 0.0295 e. The highest BCUT2D eigenvalue weighted by Gasteiger charge is 2.59. The third-order valence-electron chi connectivity index (χ3n) is 5.89. The lowest BCUT2D eigenvalue weighted by Gasteiger charge is -2.44. The number of rotatable bonds is 3. The summed E-state index contributed by atoms with van der Waals surface area (Å²) in [4.78, 5) is 4.11. The second-order valence-corrected chi connectivity index (χ2v) is 7.52. The lowest BCUT2D eigenvalue weighted by Crippen LogP contribution is -2.50. The van der Waals surface area contributed by atoms with Gasteiger partial charge in [-0.3, -0.25) is 4.98 Å². The van der Waals surface area contributed by atoms with E-state index in [1.165, 1.54) is 24.8 Å². The molecule has 2 saturated carbocycles. The van der Waals surface area contributed by atoms with Crippen molar-refractivity contribution in [2.75, 3.05) is 0 Å². The van der Waals surface area contributed by atoms with Gasteiger partial charge >= 0.3 is 0 Å². The van der Waals surface area contributed by atoms with Crippen LogP contribution in [0.2, 0.25) is 0 Å². The Morgan fingerprint density at radius 1 is 1.26 bits per heavy atom. The van der Waals surface area contributed by atoms with E-state index >= 15 is 0 Å². The van der Waals surface area contributed by atoms with Crippen LogP contribution in [0.3, 0.4) is 0 Å². The highest BCUT2D eigenvalue weighted by molar-refractivity contribution is 5.18. The molecule has 4 atom stereocenters. The van der Waals surface area contributed by atoms with Gasteiger partial charge < -0.3 is 5.32 Å². The first-order valence-electron chi connectivity index (χ1n) is 7.59. The van der Waals surface area contributed by atoms with Gasteiger partial charge in [0, 0.05) is 24.5 Å². The first-order valence-corrected chi connectivity index (χ1v) is 7.59. The van der Waals surface area contributed by atoms with Crippen molar-refractivity contribution in [3.8, 4) is 0 Å². The lowest BCUT2D eigenvalue weighted by molar-refractivity contribution is 0.100. The monoisotopic (exact) mass is 258 g/mol. The summed E-state index contributed by atoms with van der Waals surface area (Å²) in [6, 6.07) is 5.28. The molecule has 2 aliphatic carbocycles. The van der Waals surface area contributed by atoms with E-state index in [1.54, 1.807) is 0 Å². The number of aromatic nitrogens is 1. The maximum absolute atomic E-state index is 4.11. The van der Waals surface area contributed by atoms with Crippen molar-refractivity contribution in [3.05, 3.63) is 30.1 Å². The standard InChI is InChI=1S/C17H26N2/c1-12(13-6-9-18-10-7-13)19-15-16(2,3)14-5-8-17(15,4)11-14/h6-7,9-10,12,14-15,19H,5,8,11H2,1-4H3/t12?,14-,15?,17+/m0/s1. The van der Waals surface area contributed by atoms with Crippen LogP contribution in [0.25, 0.3) is 0 Å². The normalized spacial score (nSPS) is 37.5. The third kappa shape index (κ3) is 2.01. The van der Waals surface area contributed by atoms with Crippen LogP contribution in [-0.2, 0) is 0 Å². The molecule has 3 rings (SSSR count). The molecule has 1 aromatic rings. The maximum Gasteiger partial charge on any atom is 0.0295 e. The Labute approximate surface area is 117 Å². The molecule has 2 nitrogen and oxygen atoms in total. The van der Waals surface area contributed by atoms with Crippen LogP contribution >= 0.6 is 0 Å². The molecule has 0 aromatic carbocycles. The molecule has 104 valence electrons. The van der Waals surface area contributed by atoms with Gasteiger partial charge in [0.15, 0.2) is 0 Å². The molecule has 0 radical (unpaired) electrons. The zero-order valence-corrected chi connectivity index (χ0v) is 12.6. The predicted octanol–water partition coefficient (Wildman–Crippen LogP) is 3.95. The topological polar surface area (TPSA) is 24.9 Å². The van der Waals surface area contributed by atoms with Gasteiger partial charge in [-0.1, -0.05) is 20.8 Å². The molecular formula is C17H26N2. The molecule has 0 amide bonds. The number of hydrogen-bond acceptors (Lipinski definition) is 2. The van der Waals surface area contributed by atoms with E-state index in [9.17, 15) is 0 Å². The minimum atomic E-state index is 0.406. The quantitative estimate of drug-likeness (QED) is 0.888. The largest absolute Gasteiger partial charge is 0.306 e. The number of hydrogen-bond donors (Lipinski definition) is 1. The van der Waals surface area contributed by atoms with E-state index in [2.05, 4.69) is 50.1 Å². The number of nitrogens with one attached hydrogen (secondary N) is 1. The fraction of sp³-hybridized carbons (Fsp3) is 0.706. The van der Waals surface area contributed by atoms with E-state index in [-0.39, 0.29) is 0 Å². The van der Waals surface area contributed by atoms with Crippen LogP contribution < -0.4 is 5.32 Å². The van der Waals surface area contributed by atoms with Gasteiger partial charge in [0.25, 0.3) is 0 Å². The van der Waals surface area contributed by atoms with E-state index in [1.807, 2.05) is 12.4 Å². The van der Waals surface area contributed by atoms with Crippen molar-refractivity contribution in [2.45, 2.75) is 59.0 Å². The van der Waals surface area contributed by atoms with Crippen LogP contribution in [0.1, 0.15) is 58.6 Å². The summed E-state index contributed by atoms with van der Waals surface area (Å²) < 4.78 is 0. The molecular weight excluding hydrogens is 232 g/mol. The fourth-order valence-corrected chi connectivity index (χ4v) is 4.72. The van der Waals surface area contributed by atoms with Crippen molar-refractivity contribution >= 4 is 0 Å². The van der Waals surface area contributed by atoms with Crippen LogP contribution in [0, 0.1) is 16.7 Å². The number of pyridine rings is 1. The predicted molar refractivity (Wildman–Crippen MR) is 78.8 cm³/mol. The average Bonchev–Trinajstić information content (AvgIpc) is 2.87. The second-order valence-electron chi connectivity index (χ2n) is 7.52. The minimum absolute atomic E-state index is 0.406. The Kier molecular flexibility index (Phi) is 2.97. The highest BCUT2D eigenvalue weighted by atomic mass is 15.0. The van der Waals surface area contributed by atoms with Crippen LogP contribution in [0.15, 0.2) is 24.5 Å². The molecule has 1 aromatic heterocycles. The van der Waals surface area contributed by atoms with Gasteiger partial charge in [-0.05, 0) is 60.6 Å². The first kappa shape index (κ1) is 13.1. The van der Waals surface area contributed by atoms with Gasteiger partial charge in [0.1, 0.15) is 0 Å². The summed E-state index contributed by atoms with van der Waals surface area (Å²) in [6.45, 7) is 9.68. The molecule has 2 fully saturated rings. The summed E-state index contributed by atoms with van der Waals surface area (Å²) in [7, 11) is 0. The van der Waals surface area contributed by atoms with Crippen LogP contribution in [-0.4, -0.2) is 11.0 Å². The third-order valence-corrected chi connectivity index (χ3v) is 5.89. The fourth-order valence-electron chi connectivity index (χ4n) is 4.72. The van der Waals surface area contributed by atoms with Gasteiger partial charge in [-0.25, -0.2) is 0 Å². The summed E-state index contributed by atoms with van der Waals surface area (Å²) in [5, 5.41) is 3.93. The Bertz CT molecular complexity index is 449. The lowest BCUT2D eigenvalue weighted by atomic mass is 9.68. The number of fused-ring (bicyclic) bond motifs is 2. The van der Waals surface area contributed by atoms with E-state index < -0.39 is 0 Å². The minimum Gasteiger partial charge on any atom is -0.306 e. The van der Waals surface area contributed by atoms with Crippen LogP contribution in [0.5, 0.6) is 0 Å². The molecule has 2 heteroatoms.